The summed E-state index contributed by atoms with van der Waals surface area (Å²) in [5.41, 5.74) is 1.55. The highest BCUT2D eigenvalue weighted by Crippen LogP contribution is 2.16. The number of hydrogen-bond donors (Lipinski definition) is 1. The number of halogens is 1. The summed E-state index contributed by atoms with van der Waals surface area (Å²) in [7, 11) is 1.91. The van der Waals surface area contributed by atoms with Gasteiger partial charge in [0.15, 0.2) is 4.80 Å². The first-order valence-electron chi connectivity index (χ1n) is 5.63. The van der Waals surface area contributed by atoms with E-state index >= 15 is 0 Å². The molecule has 96 valence electrons. The Labute approximate surface area is 121 Å². The zero-order chi connectivity index (χ0) is 13.4. The van der Waals surface area contributed by atoms with Crippen LogP contribution in [0.3, 0.4) is 0 Å². The topological polar surface area (TPSA) is 50.1 Å². The summed E-state index contributed by atoms with van der Waals surface area (Å²) < 4.78 is 3.88. The molecule has 0 aliphatic carbocycles. The van der Waals surface area contributed by atoms with E-state index in [0.29, 0.717) is 10.5 Å². The summed E-state index contributed by atoms with van der Waals surface area (Å²) >= 11 is 4.80. The van der Waals surface area contributed by atoms with Crippen LogP contribution in [0.15, 0.2) is 46.0 Å². The zero-order valence-corrected chi connectivity index (χ0v) is 12.5. The van der Waals surface area contributed by atoms with Gasteiger partial charge in [-0.05, 0) is 34.1 Å². The van der Waals surface area contributed by atoms with Crippen LogP contribution in [0.25, 0.3) is 10.2 Å². The molecule has 0 spiro atoms. The number of para-hydroxylation sites is 1. The molecule has 1 N–H and O–H groups in total. The fourth-order valence-electron chi connectivity index (χ4n) is 1.83. The molecule has 1 aromatic carbocycles. The van der Waals surface area contributed by atoms with Crippen molar-refractivity contribution in [2.45, 2.75) is 0 Å². The van der Waals surface area contributed by atoms with Crippen molar-refractivity contribution in [1.82, 2.24) is 9.55 Å². The zero-order valence-electron chi connectivity index (χ0n) is 10.1. The molecule has 1 amide bonds. The van der Waals surface area contributed by atoms with Crippen molar-refractivity contribution in [3.05, 3.63) is 51.5 Å². The maximum absolute atomic E-state index is 12.0. The number of benzene rings is 1. The number of carbonyl (C=O) groups is 1. The van der Waals surface area contributed by atoms with Crippen molar-refractivity contribution in [2.24, 2.45) is 12.0 Å². The Morgan fingerprint density at radius 1 is 1.42 bits per heavy atom. The molecule has 6 heteroatoms. The molecule has 0 radical (unpaired) electrons. The van der Waals surface area contributed by atoms with E-state index in [1.54, 1.807) is 12.3 Å². The second kappa shape index (κ2) is 4.79. The number of aromatic amines is 1. The number of nitrogens with zero attached hydrogens (tertiary/aromatic N) is 2. The fourth-order valence-corrected chi connectivity index (χ4v) is 3.19. The second-order valence-electron chi connectivity index (χ2n) is 4.06. The van der Waals surface area contributed by atoms with Gasteiger partial charge in [0, 0.05) is 17.7 Å². The lowest BCUT2D eigenvalue weighted by Gasteiger charge is -1.93. The molecule has 4 nitrogen and oxygen atoms in total. The van der Waals surface area contributed by atoms with Crippen LogP contribution in [0.4, 0.5) is 0 Å². The molecule has 2 aromatic heterocycles. The summed E-state index contributed by atoms with van der Waals surface area (Å²) in [5.74, 6) is -0.271. The van der Waals surface area contributed by atoms with Crippen LogP contribution >= 0.6 is 27.3 Å². The largest absolute Gasteiger partial charge is 0.356 e. The van der Waals surface area contributed by atoms with Gasteiger partial charge in [-0.3, -0.25) is 4.79 Å². The van der Waals surface area contributed by atoms with Gasteiger partial charge in [-0.15, -0.1) is 0 Å². The van der Waals surface area contributed by atoms with Crippen LogP contribution in [0, 0.1) is 0 Å². The van der Waals surface area contributed by atoms with Crippen molar-refractivity contribution in [2.75, 3.05) is 0 Å². The third kappa shape index (κ3) is 2.29. The second-order valence-corrected chi connectivity index (χ2v) is 5.98. The van der Waals surface area contributed by atoms with Crippen LogP contribution in [0.5, 0.6) is 0 Å². The molecule has 3 rings (SSSR count). The summed E-state index contributed by atoms with van der Waals surface area (Å²) in [6, 6.07) is 9.71. The predicted octanol–water partition coefficient (Wildman–Crippen LogP) is 3.07. The number of H-pyrrole nitrogens is 1. The van der Waals surface area contributed by atoms with E-state index in [4.69, 9.17) is 0 Å². The van der Waals surface area contributed by atoms with Gasteiger partial charge in [0.1, 0.15) is 5.69 Å². The van der Waals surface area contributed by atoms with Gasteiger partial charge in [-0.25, -0.2) is 0 Å². The first-order valence-corrected chi connectivity index (χ1v) is 7.23. The van der Waals surface area contributed by atoms with Gasteiger partial charge in [0.25, 0.3) is 5.91 Å². The first kappa shape index (κ1) is 12.4. The quantitative estimate of drug-likeness (QED) is 0.729. The van der Waals surface area contributed by atoms with E-state index in [2.05, 4.69) is 25.9 Å². The van der Waals surface area contributed by atoms with Gasteiger partial charge in [0.2, 0.25) is 0 Å². The van der Waals surface area contributed by atoms with Crippen LogP contribution in [-0.2, 0) is 7.05 Å². The standard InChI is InChI=1S/C13H10BrN3OS/c1-17-10-4-2-3-5-11(10)19-13(17)16-12(18)9-6-8(14)7-15-9/h2-7,15H,1H3. The Morgan fingerprint density at radius 2 is 2.21 bits per heavy atom. The Bertz CT molecular complexity index is 828. The van der Waals surface area contributed by atoms with Gasteiger partial charge >= 0.3 is 0 Å². The van der Waals surface area contributed by atoms with Crippen molar-refractivity contribution in [3.63, 3.8) is 0 Å². The molecule has 3 aromatic rings. The molecule has 0 bridgehead atoms. The van der Waals surface area contributed by atoms with Gasteiger partial charge in [-0.1, -0.05) is 23.5 Å². The Hall–Kier alpha value is -1.66. The van der Waals surface area contributed by atoms with Crippen LogP contribution in [-0.4, -0.2) is 15.5 Å². The SMILES string of the molecule is Cn1c(=NC(=O)c2cc(Br)c[nH]2)sc2ccccc21. The fraction of sp³-hybridized carbons (Fsp3) is 0.0769. The normalized spacial score (nSPS) is 12.2. The van der Waals surface area contributed by atoms with Crippen LogP contribution in [0.1, 0.15) is 10.5 Å². The van der Waals surface area contributed by atoms with E-state index in [0.717, 1.165) is 14.7 Å². The van der Waals surface area contributed by atoms with Crippen LogP contribution in [0.2, 0.25) is 0 Å². The number of aryl methyl sites for hydroxylation is 1. The first-order chi connectivity index (χ1) is 9.15. The molecule has 0 aliphatic rings. The molecule has 0 atom stereocenters. The maximum atomic E-state index is 12.0. The summed E-state index contributed by atoms with van der Waals surface area (Å²) in [5, 5.41) is 0. The van der Waals surface area contributed by atoms with E-state index in [1.165, 1.54) is 11.3 Å². The Kier molecular flexibility index (Phi) is 3.12. The average molecular weight is 336 g/mol. The Balaban J connectivity index is 2.11. The highest BCUT2D eigenvalue weighted by molar-refractivity contribution is 9.10. The lowest BCUT2D eigenvalue weighted by Crippen LogP contribution is -2.13. The predicted molar refractivity (Wildman–Crippen MR) is 79.2 cm³/mol. The number of nitrogens with one attached hydrogen (secondary N) is 1. The highest BCUT2D eigenvalue weighted by Gasteiger charge is 2.08. The number of hydrogen-bond acceptors (Lipinski definition) is 2. The molecule has 0 saturated carbocycles. The van der Waals surface area contributed by atoms with Gasteiger partial charge in [0.05, 0.1) is 10.2 Å². The third-order valence-electron chi connectivity index (χ3n) is 2.79. The smallest absolute Gasteiger partial charge is 0.296 e. The lowest BCUT2D eigenvalue weighted by atomic mass is 10.3. The number of fused-ring (bicyclic) bond motifs is 1. The lowest BCUT2D eigenvalue weighted by molar-refractivity contribution is 0.0994. The molecular formula is C13H10BrN3OS. The van der Waals surface area contributed by atoms with E-state index in [-0.39, 0.29) is 5.91 Å². The van der Waals surface area contributed by atoms with Crippen LogP contribution < -0.4 is 4.80 Å². The summed E-state index contributed by atoms with van der Waals surface area (Å²) in [6.07, 6.45) is 1.72. The number of thiazole rings is 1. The minimum Gasteiger partial charge on any atom is -0.356 e. The maximum Gasteiger partial charge on any atom is 0.296 e. The number of carbonyl (C=O) groups excluding carboxylic acids is 1. The molecule has 0 fully saturated rings. The van der Waals surface area contributed by atoms with Crippen molar-refractivity contribution < 1.29 is 4.79 Å². The minimum atomic E-state index is -0.271. The van der Waals surface area contributed by atoms with Crippen molar-refractivity contribution in [3.8, 4) is 0 Å². The summed E-state index contributed by atoms with van der Waals surface area (Å²) in [6.45, 7) is 0. The van der Waals surface area contributed by atoms with E-state index < -0.39 is 0 Å². The number of amides is 1. The third-order valence-corrected chi connectivity index (χ3v) is 4.36. The van der Waals surface area contributed by atoms with Gasteiger partial charge < -0.3 is 9.55 Å². The number of aromatic nitrogens is 2. The molecule has 2 heterocycles. The molecule has 19 heavy (non-hydrogen) atoms. The molecular weight excluding hydrogens is 326 g/mol. The number of rotatable bonds is 1. The summed E-state index contributed by atoms with van der Waals surface area (Å²) in [4.78, 5) is 19.8. The molecule has 0 saturated heterocycles. The van der Waals surface area contributed by atoms with Crippen molar-refractivity contribution >= 4 is 43.4 Å². The average Bonchev–Trinajstić information content (AvgIpc) is 2.96. The molecule has 0 aliphatic heterocycles. The monoisotopic (exact) mass is 335 g/mol. The van der Waals surface area contributed by atoms with Gasteiger partial charge in [-0.2, -0.15) is 4.99 Å². The molecule has 0 unspecified atom stereocenters. The van der Waals surface area contributed by atoms with E-state index in [1.807, 2.05) is 35.9 Å². The minimum absolute atomic E-state index is 0.271. The highest BCUT2D eigenvalue weighted by atomic mass is 79.9. The Morgan fingerprint density at radius 3 is 2.89 bits per heavy atom. The van der Waals surface area contributed by atoms with Crippen molar-refractivity contribution in [1.29, 1.82) is 0 Å². The van der Waals surface area contributed by atoms with E-state index in [9.17, 15) is 4.79 Å².